The van der Waals surface area contributed by atoms with Crippen LogP contribution in [-0.4, -0.2) is 0 Å². The third-order valence-electron chi connectivity index (χ3n) is 3.53. The minimum atomic E-state index is 0.107. The van der Waals surface area contributed by atoms with Gasteiger partial charge in [0.15, 0.2) is 0 Å². The van der Waals surface area contributed by atoms with Gasteiger partial charge >= 0.3 is 0 Å². The molecule has 0 aliphatic heterocycles. The van der Waals surface area contributed by atoms with Crippen molar-refractivity contribution in [3.63, 3.8) is 0 Å². The lowest BCUT2D eigenvalue weighted by molar-refractivity contribution is 0.548. The Hall–Kier alpha value is -1.16. The van der Waals surface area contributed by atoms with E-state index in [4.69, 9.17) is 5.84 Å². The summed E-state index contributed by atoms with van der Waals surface area (Å²) >= 11 is 3.59. The average Bonchev–Trinajstić information content (AvgIpc) is 2.40. The molecule has 1 atom stereocenters. The molecule has 2 aromatic carbocycles. The van der Waals surface area contributed by atoms with Gasteiger partial charge in [-0.2, -0.15) is 0 Å². The third-order valence-corrected chi connectivity index (χ3v) is 4.26. The van der Waals surface area contributed by atoms with Crippen LogP contribution in [0, 0.1) is 13.8 Å². The molecular formula is C16H19BrN2. The van der Waals surface area contributed by atoms with Crippen LogP contribution in [0.15, 0.2) is 46.9 Å². The Morgan fingerprint density at radius 3 is 2.26 bits per heavy atom. The number of rotatable bonds is 4. The Morgan fingerprint density at radius 2 is 1.68 bits per heavy atom. The van der Waals surface area contributed by atoms with Gasteiger partial charge in [0.2, 0.25) is 0 Å². The molecule has 0 spiro atoms. The predicted molar refractivity (Wildman–Crippen MR) is 83.8 cm³/mol. The van der Waals surface area contributed by atoms with Crippen LogP contribution in [0.25, 0.3) is 0 Å². The van der Waals surface area contributed by atoms with Gasteiger partial charge in [-0.3, -0.25) is 11.3 Å². The van der Waals surface area contributed by atoms with Crippen molar-refractivity contribution < 1.29 is 0 Å². The van der Waals surface area contributed by atoms with Gasteiger partial charge in [-0.05, 0) is 48.6 Å². The van der Waals surface area contributed by atoms with Gasteiger partial charge in [0.1, 0.15) is 0 Å². The van der Waals surface area contributed by atoms with Crippen molar-refractivity contribution in [2.24, 2.45) is 5.84 Å². The lowest BCUT2D eigenvalue weighted by Crippen LogP contribution is -2.30. The standard InChI is InChI=1S/C16H19BrN2/c1-11-6-5-7-12(2)14(11)10-16(19-18)13-8-3-4-9-15(13)17/h3-9,16,19H,10,18H2,1-2H3. The fraction of sp³-hybridized carbons (Fsp3) is 0.250. The molecule has 0 fully saturated rings. The zero-order chi connectivity index (χ0) is 13.8. The topological polar surface area (TPSA) is 38.0 Å². The smallest absolute Gasteiger partial charge is 0.0511 e. The number of hydrazine groups is 1. The summed E-state index contributed by atoms with van der Waals surface area (Å²) in [5.41, 5.74) is 8.11. The highest BCUT2D eigenvalue weighted by Crippen LogP contribution is 2.27. The first-order valence-corrected chi connectivity index (χ1v) is 7.18. The largest absolute Gasteiger partial charge is 0.271 e. The monoisotopic (exact) mass is 318 g/mol. The minimum absolute atomic E-state index is 0.107. The van der Waals surface area contributed by atoms with E-state index >= 15 is 0 Å². The number of nitrogens with two attached hydrogens (primary N) is 1. The van der Waals surface area contributed by atoms with Crippen LogP contribution in [-0.2, 0) is 6.42 Å². The van der Waals surface area contributed by atoms with Gasteiger partial charge in [0.25, 0.3) is 0 Å². The molecule has 0 radical (unpaired) electrons. The summed E-state index contributed by atoms with van der Waals surface area (Å²) in [7, 11) is 0. The first kappa shape index (κ1) is 14.3. The molecule has 2 nitrogen and oxygen atoms in total. The lowest BCUT2D eigenvalue weighted by atomic mass is 9.93. The maximum Gasteiger partial charge on any atom is 0.0511 e. The molecular weight excluding hydrogens is 300 g/mol. The van der Waals surface area contributed by atoms with E-state index < -0.39 is 0 Å². The maximum absolute atomic E-state index is 5.75. The molecule has 0 amide bonds. The highest BCUT2D eigenvalue weighted by atomic mass is 79.9. The molecule has 0 aliphatic rings. The second-order valence-electron chi connectivity index (χ2n) is 4.82. The molecule has 0 aliphatic carbocycles. The molecule has 1 unspecified atom stereocenters. The number of nitrogens with one attached hydrogen (secondary N) is 1. The van der Waals surface area contributed by atoms with Crippen molar-refractivity contribution >= 4 is 15.9 Å². The van der Waals surface area contributed by atoms with Crippen molar-refractivity contribution in [1.82, 2.24) is 5.43 Å². The van der Waals surface area contributed by atoms with Crippen molar-refractivity contribution in [3.05, 3.63) is 69.2 Å². The Balaban J connectivity index is 2.32. The second kappa shape index (κ2) is 6.33. The van der Waals surface area contributed by atoms with Crippen LogP contribution in [0.1, 0.15) is 28.3 Å². The van der Waals surface area contributed by atoms with Gasteiger partial charge in [-0.15, -0.1) is 0 Å². The molecule has 19 heavy (non-hydrogen) atoms. The van der Waals surface area contributed by atoms with Gasteiger partial charge in [-0.25, -0.2) is 0 Å². The maximum atomic E-state index is 5.75. The summed E-state index contributed by atoms with van der Waals surface area (Å²) < 4.78 is 1.09. The molecule has 2 aromatic rings. The van der Waals surface area contributed by atoms with Crippen molar-refractivity contribution in [2.75, 3.05) is 0 Å². The fourth-order valence-electron chi connectivity index (χ4n) is 2.39. The predicted octanol–water partition coefficient (Wildman–Crippen LogP) is 3.81. The average molecular weight is 319 g/mol. The van der Waals surface area contributed by atoms with E-state index in [1.165, 1.54) is 22.3 Å². The highest BCUT2D eigenvalue weighted by molar-refractivity contribution is 9.10. The van der Waals surface area contributed by atoms with Crippen LogP contribution in [0.4, 0.5) is 0 Å². The molecule has 100 valence electrons. The molecule has 3 heteroatoms. The number of aryl methyl sites for hydroxylation is 2. The van der Waals surface area contributed by atoms with Gasteiger partial charge < -0.3 is 0 Å². The van der Waals surface area contributed by atoms with Crippen molar-refractivity contribution in [2.45, 2.75) is 26.3 Å². The molecule has 0 saturated heterocycles. The summed E-state index contributed by atoms with van der Waals surface area (Å²) in [6, 6.07) is 14.7. The summed E-state index contributed by atoms with van der Waals surface area (Å²) in [5, 5.41) is 0. The zero-order valence-electron chi connectivity index (χ0n) is 11.3. The zero-order valence-corrected chi connectivity index (χ0v) is 12.9. The summed E-state index contributed by atoms with van der Waals surface area (Å²) in [5.74, 6) is 5.75. The molecule has 3 N–H and O–H groups in total. The van der Waals surface area contributed by atoms with E-state index in [1.807, 2.05) is 18.2 Å². The van der Waals surface area contributed by atoms with E-state index in [0.717, 1.165) is 10.9 Å². The van der Waals surface area contributed by atoms with E-state index in [-0.39, 0.29) is 6.04 Å². The lowest BCUT2D eigenvalue weighted by Gasteiger charge is -2.20. The third kappa shape index (κ3) is 3.24. The molecule has 0 bridgehead atoms. The van der Waals surface area contributed by atoms with E-state index in [9.17, 15) is 0 Å². The summed E-state index contributed by atoms with van der Waals surface area (Å²) in [4.78, 5) is 0. The van der Waals surface area contributed by atoms with Crippen LogP contribution in [0.2, 0.25) is 0 Å². The fourth-order valence-corrected chi connectivity index (χ4v) is 2.95. The van der Waals surface area contributed by atoms with Gasteiger partial charge in [0.05, 0.1) is 6.04 Å². The second-order valence-corrected chi connectivity index (χ2v) is 5.67. The Bertz CT molecular complexity index is 546. The Kier molecular flexibility index (Phi) is 4.75. The number of hydrogen-bond acceptors (Lipinski definition) is 2. The van der Waals surface area contributed by atoms with E-state index in [0.29, 0.717) is 0 Å². The molecule has 0 heterocycles. The van der Waals surface area contributed by atoms with Crippen LogP contribution in [0.3, 0.4) is 0 Å². The normalized spacial score (nSPS) is 12.4. The van der Waals surface area contributed by atoms with Crippen LogP contribution >= 0.6 is 15.9 Å². The summed E-state index contributed by atoms with van der Waals surface area (Å²) in [6.07, 6.45) is 0.887. The molecule has 2 rings (SSSR count). The quantitative estimate of drug-likeness (QED) is 0.664. The van der Waals surface area contributed by atoms with Crippen molar-refractivity contribution in [3.8, 4) is 0 Å². The Morgan fingerprint density at radius 1 is 1.05 bits per heavy atom. The highest BCUT2D eigenvalue weighted by Gasteiger charge is 2.15. The van der Waals surface area contributed by atoms with Crippen LogP contribution in [0.5, 0.6) is 0 Å². The van der Waals surface area contributed by atoms with Crippen LogP contribution < -0.4 is 11.3 Å². The molecule has 0 saturated carbocycles. The van der Waals surface area contributed by atoms with Crippen molar-refractivity contribution in [1.29, 1.82) is 0 Å². The number of hydrogen-bond donors (Lipinski definition) is 2. The summed E-state index contributed by atoms with van der Waals surface area (Å²) in [6.45, 7) is 4.30. The van der Waals surface area contributed by atoms with E-state index in [1.54, 1.807) is 0 Å². The molecule has 0 aromatic heterocycles. The number of halogens is 1. The number of benzene rings is 2. The minimum Gasteiger partial charge on any atom is -0.271 e. The van der Waals surface area contributed by atoms with Gasteiger partial charge in [0, 0.05) is 4.47 Å². The SMILES string of the molecule is Cc1cccc(C)c1CC(NN)c1ccccc1Br. The first-order valence-electron chi connectivity index (χ1n) is 6.39. The Labute approximate surface area is 123 Å². The van der Waals surface area contributed by atoms with Gasteiger partial charge in [-0.1, -0.05) is 52.3 Å². The van der Waals surface area contributed by atoms with E-state index in [2.05, 4.69) is 59.5 Å². The first-order chi connectivity index (χ1) is 9.13.